The first kappa shape index (κ1) is 19.9. The summed E-state index contributed by atoms with van der Waals surface area (Å²) in [5.74, 6) is 1.73. The van der Waals surface area contributed by atoms with Gasteiger partial charge in [-0.25, -0.2) is 4.98 Å². The first-order valence-corrected chi connectivity index (χ1v) is 10.8. The average Bonchev–Trinajstić information content (AvgIpc) is 3.19. The lowest BCUT2D eigenvalue weighted by Gasteiger charge is -2.35. The molecule has 1 atom stereocenters. The lowest BCUT2D eigenvalue weighted by molar-refractivity contribution is 0.380. The highest BCUT2D eigenvalue weighted by Crippen LogP contribution is 2.34. The molecular weight excluding hydrogens is 358 g/mol. The molecule has 4 rings (SSSR count). The van der Waals surface area contributed by atoms with E-state index in [0.717, 1.165) is 38.1 Å². The Labute approximate surface area is 174 Å². The van der Waals surface area contributed by atoms with E-state index in [4.69, 9.17) is 4.98 Å². The molecule has 1 aliphatic heterocycles. The Morgan fingerprint density at radius 1 is 1.10 bits per heavy atom. The molecule has 1 aromatic carbocycles. The van der Waals surface area contributed by atoms with Crippen molar-refractivity contribution in [1.82, 2.24) is 19.4 Å². The highest BCUT2D eigenvalue weighted by Gasteiger charge is 2.26. The molecule has 0 N–H and O–H groups in total. The number of nitrogens with zero attached hydrogens (tertiary/aromatic N) is 5. The van der Waals surface area contributed by atoms with Crippen molar-refractivity contribution in [3.05, 3.63) is 53.7 Å². The minimum Gasteiger partial charge on any atom is -0.370 e. The SMILES string of the molecule is Cc1ccc2c(N3CCC[C@@H](c4nccn4CCCN(C)C)C3)ccnc2c1C. The number of aryl methyl sites for hydroxylation is 3. The maximum Gasteiger partial charge on any atom is 0.113 e. The maximum absolute atomic E-state index is 4.76. The Morgan fingerprint density at radius 3 is 2.79 bits per heavy atom. The Hall–Kier alpha value is -2.40. The fourth-order valence-electron chi connectivity index (χ4n) is 4.56. The molecule has 0 bridgehead atoms. The zero-order valence-electron chi connectivity index (χ0n) is 18.2. The molecule has 1 fully saturated rings. The molecule has 29 heavy (non-hydrogen) atoms. The van der Waals surface area contributed by atoms with E-state index >= 15 is 0 Å². The molecule has 5 heteroatoms. The average molecular weight is 392 g/mol. The van der Waals surface area contributed by atoms with Gasteiger partial charge in [-0.2, -0.15) is 0 Å². The van der Waals surface area contributed by atoms with E-state index in [1.807, 2.05) is 12.4 Å². The summed E-state index contributed by atoms with van der Waals surface area (Å²) < 4.78 is 2.37. The fourth-order valence-corrected chi connectivity index (χ4v) is 4.56. The van der Waals surface area contributed by atoms with Crippen LogP contribution in [0, 0.1) is 13.8 Å². The Kier molecular flexibility index (Phi) is 5.86. The predicted molar refractivity (Wildman–Crippen MR) is 121 cm³/mol. The van der Waals surface area contributed by atoms with Gasteiger partial charge in [-0.15, -0.1) is 0 Å². The van der Waals surface area contributed by atoms with Crippen molar-refractivity contribution >= 4 is 16.6 Å². The highest BCUT2D eigenvalue weighted by atomic mass is 15.2. The first-order valence-electron chi connectivity index (χ1n) is 10.8. The third-order valence-electron chi connectivity index (χ3n) is 6.29. The van der Waals surface area contributed by atoms with Crippen LogP contribution in [0.5, 0.6) is 0 Å². The van der Waals surface area contributed by atoms with Crippen molar-refractivity contribution in [2.45, 2.75) is 45.6 Å². The van der Waals surface area contributed by atoms with Crippen LogP contribution in [0.3, 0.4) is 0 Å². The molecule has 0 spiro atoms. The molecule has 3 aromatic rings. The maximum atomic E-state index is 4.76. The lowest BCUT2D eigenvalue weighted by Crippen LogP contribution is -2.35. The zero-order chi connectivity index (χ0) is 20.4. The standard InChI is InChI=1S/C24H33N5/c1-18-8-9-21-22(10-11-25-23(21)19(18)2)29-14-5-7-20(17-29)24-26-12-16-28(24)15-6-13-27(3)4/h8-12,16,20H,5-7,13-15,17H2,1-4H3/t20-/m1/s1. The second-order valence-corrected chi connectivity index (χ2v) is 8.65. The molecule has 1 saturated heterocycles. The molecule has 5 nitrogen and oxygen atoms in total. The number of rotatable bonds is 6. The van der Waals surface area contributed by atoms with Gasteiger partial charge in [-0.05, 0) is 70.9 Å². The summed E-state index contributed by atoms with van der Waals surface area (Å²) in [5.41, 5.74) is 5.04. The van der Waals surface area contributed by atoms with E-state index in [2.05, 4.69) is 71.7 Å². The molecule has 1 aliphatic rings. The van der Waals surface area contributed by atoms with Gasteiger partial charge in [-0.3, -0.25) is 4.98 Å². The smallest absolute Gasteiger partial charge is 0.113 e. The van der Waals surface area contributed by atoms with Crippen molar-refractivity contribution in [2.24, 2.45) is 0 Å². The normalized spacial score (nSPS) is 17.4. The van der Waals surface area contributed by atoms with Gasteiger partial charge >= 0.3 is 0 Å². The molecular formula is C24H33N5. The summed E-state index contributed by atoms with van der Waals surface area (Å²) in [4.78, 5) is 14.2. The number of fused-ring (bicyclic) bond motifs is 1. The first-order chi connectivity index (χ1) is 14.0. The number of pyridine rings is 1. The Balaban J connectivity index is 1.57. The summed E-state index contributed by atoms with van der Waals surface area (Å²) in [7, 11) is 4.27. The number of hydrogen-bond donors (Lipinski definition) is 0. The molecule has 3 heterocycles. The topological polar surface area (TPSA) is 37.2 Å². The number of anilines is 1. The third-order valence-corrected chi connectivity index (χ3v) is 6.29. The van der Waals surface area contributed by atoms with Crippen LogP contribution >= 0.6 is 0 Å². The Bertz CT molecular complexity index is 975. The summed E-state index contributed by atoms with van der Waals surface area (Å²) >= 11 is 0. The van der Waals surface area contributed by atoms with Crippen LogP contribution in [0.25, 0.3) is 10.9 Å². The van der Waals surface area contributed by atoms with Crippen LogP contribution in [-0.2, 0) is 6.54 Å². The summed E-state index contributed by atoms with van der Waals surface area (Å²) in [6.45, 7) is 8.62. The van der Waals surface area contributed by atoms with Crippen molar-refractivity contribution < 1.29 is 0 Å². The van der Waals surface area contributed by atoms with E-state index in [0.29, 0.717) is 5.92 Å². The number of hydrogen-bond acceptors (Lipinski definition) is 4. The molecule has 0 unspecified atom stereocenters. The predicted octanol–water partition coefficient (Wildman–Crippen LogP) is 4.38. The van der Waals surface area contributed by atoms with Crippen LogP contribution < -0.4 is 4.90 Å². The van der Waals surface area contributed by atoms with E-state index in [1.165, 1.54) is 40.9 Å². The van der Waals surface area contributed by atoms with Crippen LogP contribution in [-0.4, -0.2) is 53.2 Å². The molecule has 2 aromatic heterocycles. The van der Waals surface area contributed by atoms with Crippen LogP contribution in [0.15, 0.2) is 36.8 Å². The highest BCUT2D eigenvalue weighted by molar-refractivity contribution is 5.94. The fraction of sp³-hybridized carbons (Fsp3) is 0.500. The van der Waals surface area contributed by atoms with Gasteiger partial charge in [0.05, 0.1) is 5.52 Å². The molecule has 0 saturated carbocycles. The largest absolute Gasteiger partial charge is 0.370 e. The quantitative estimate of drug-likeness (QED) is 0.625. The minimum absolute atomic E-state index is 0.480. The number of benzene rings is 1. The Morgan fingerprint density at radius 2 is 1.97 bits per heavy atom. The van der Waals surface area contributed by atoms with E-state index < -0.39 is 0 Å². The van der Waals surface area contributed by atoms with Gasteiger partial charge in [0, 0.05) is 55.2 Å². The zero-order valence-corrected chi connectivity index (χ0v) is 18.2. The van der Waals surface area contributed by atoms with Crippen LogP contribution in [0.2, 0.25) is 0 Å². The summed E-state index contributed by atoms with van der Waals surface area (Å²) in [5, 5.41) is 1.27. The van der Waals surface area contributed by atoms with Gasteiger partial charge in [0.25, 0.3) is 0 Å². The molecule has 0 aliphatic carbocycles. The van der Waals surface area contributed by atoms with E-state index in [1.54, 1.807) is 0 Å². The monoisotopic (exact) mass is 391 g/mol. The summed E-state index contributed by atoms with van der Waals surface area (Å²) in [6.07, 6.45) is 9.65. The van der Waals surface area contributed by atoms with Crippen molar-refractivity contribution in [3.63, 3.8) is 0 Å². The van der Waals surface area contributed by atoms with Gasteiger partial charge in [-0.1, -0.05) is 12.1 Å². The lowest BCUT2D eigenvalue weighted by atomic mass is 9.95. The number of aromatic nitrogens is 3. The third kappa shape index (κ3) is 4.15. The van der Waals surface area contributed by atoms with E-state index in [9.17, 15) is 0 Å². The minimum atomic E-state index is 0.480. The van der Waals surface area contributed by atoms with Crippen molar-refractivity contribution in [1.29, 1.82) is 0 Å². The second-order valence-electron chi connectivity index (χ2n) is 8.65. The van der Waals surface area contributed by atoms with Gasteiger partial charge in [0.15, 0.2) is 0 Å². The van der Waals surface area contributed by atoms with Gasteiger partial charge < -0.3 is 14.4 Å². The van der Waals surface area contributed by atoms with Gasteiger partial charge in [0.1, 0.15) is 5.82 Å². The second kappa shape index (κ2) is 8.54. The summed E-state index contributed by atoms with van der Waals surface area (Å²) in [6, 6.07) is 6.65. The number of piperidine rings is 1. The number of imidazole rings is 1. The van der Waals surface area contributed by atoms with Crippen molar-refractivity contribution in [2.75, 3.05) is 38.6 Å². The van der Waals surface area contributed by atoms with Crippen molar-refractivity contribution in [3.8, 4) is 0 Å². The van der Waals surface area contributed by atoms with Gasteiger partial charge in [0.2, 0.25) is 0 Å². The van der Waals surface area contributed by atoms with E-state index in [-0.39, 0.29) is 0 Å². The van der Waals surface area contributed by atoms with Crippen LogP contribution in [0.4, 0.5) is 5.69 Å². The molecule has 154 valence electrons. The van der Waals surface area contributed by atoms with Crippen LogP contribution in [0.1, 0.15) is 42.1 Å². The molecule has 0 radical (unpaired) electrons. The molecule has 0 amide bonds.